The molecule has 6 nitrogen and oxygen atoms in total. The van der Waals surface area contributed by atoms with Gasteiger partial charge in [0.15, 0.2) is 0 Å². The molecule has 6 atom stereocenters. The number of hydrogen-bond acceptors (Lipinski definition) is 6. The molecular formula is C35H64O6. The number of aliphatic hydroxyl groups is 3. The van der Waals surface area contributed by atoms with E-state index in [0.717, 1.165) is 76.2 Å². The number of aliphatic hydroxyl groups excluding tert-OH is 3. The van der Waals surface area contributed by atoms with Crippen LogP contribution >= 0.6 is 0 Å². The Labute approximate surface area is 251 Å². The van der Waals surface area contributed by atoms with Gasteiger partial charge in [0.2, 0.25) is 0 Å². The van der Waals surface area contributed by atoms with E-state index < -0.39 is 18.3 Å². The van der Waals surface area contributed by atoms with E-state index in [2.05, 4.69) is 6.92 Å². The van der Waals surface area contributed by atoms with Crippen molar-refractivity contribution >= 4 is 5.97 Å². The van der Waals surface area contributed by atoms with E-state index in [1.54, 1.807) is 0 Å². The van der Waals surface area contributed by atoms with Gasteiger partial charge < -0.3 is 24.8 Å². The number of carbonyl (C=O) groups is 1. The second-order valence-electron chi connectivity index (χ2n) is 12.9. The van der Waals surface area contributed by atoms with Crippen molar-refractivity contribution in [2.24, 2.45) is 0 Å². The molecule has 0 aromatic carbocycles. The molecule has 41 heavy (non-hydrogen) atoms. The molecule has 240 valence electrons. The number of cyclic esters (lactones) is 1. The second-order valence-corrected chi connectivity index (χ2v) is 12.9. The zero-order valence-corrected chi connectivity index (χ0v) is 26.6. The highest BCUT2D eigenvalue weighted by molar-refractivity contribution is 5.90. The third-order valence-corrected chi connectivity index (χ3v) is 9.09. The highest BCUT2D eigenvalue weighted by Crippen LogP contribution is 2.28. The minimum atomic E-state index is -0.770. The second kappa shape index (κ2) is 22.6. The van der Waals surface area contributed by atoms with E-state index in [9.17, 15) is 20.1 Å². The van der Waals surface area contributed by atoms with Gasteiger partial charge in [0.1, 0.15) is 6.10 Å². The molecule has 3 N–H and O–H groups in total. The molecule has 0 bridgehead atoms. The predicted octanol–water partition coefficient (Wildman–Crippen LogP) is 8.09. The average molecular weight is 581 g/mol. The Balaban J connectivity index is 1.40. The number of esters is 1. The Morgan fingerprint density at radius 1 is 0.732 bits per heavy atom. The van der Waals surface area contributed by atoms with E-state index in [4.69, 9.17) is 9.47 Å². The van der Waals surface area contributed by atoms with Crippen LogP contribution in [0.25, 0.3) is 0 Å². The monoisotopic (exact) mass is 580 g/mol. The first kappa shape index (κ1) is 36.2. The Bertz CT molecular complexity index is 694. The molecule has 0 unspecified atom stereocenters. The normalized spacial score (nSPS) is 23.0. The molecule has 2 aliphatic rings. The number of hydrogen-bond donors (Lipinski definition) is 3. The van der Waals surface area contributed by atoms with Crippen molar-refractivity contribution in [3.63, 3.8) is 0 Å². The van der Waals surface area contributed by atoms with E-state index in [1.807, 2.05) is 13.0 Å². The Morgan fingerprint density at radius 2 is 1.29 bits per heavy atom. The van der Waals surface area contributed by atoms with Crippen LogP contribution in [-0.2, 0) is 14.3 Å². The fourth-order valence-corrected chi connectivity index (χ4v) is 6.37. The number of ether oxygens (including phenoxy) is 2. The summed E-state index contributed by atoms with van der Waals surface area (Å²) in [4.78, 5) is 11.6. The largest absolute Gasteiger partial charge is 0.455 e. The smallest absolute Gasteiger partial charge is 0.334 e. The van der Waals surface area contributed by atoms with Crippen LogP contribution < -0.4 is 0 Å². The quantitative estimate of drug-likeness (QED) is 0.0707. The molecule has 0 aliphatic carbocycles. The van der Waals surface area contributed by atoms with Gasteiger partial charge in [-0.2, -0.15) is 0 Å². The van der Waals surface area contributed by atoms with E-state index >= 15 is 0 Å². The van der Waals surface area contributed by atoms with Crippen molar-refractivity contribution in [2.45, 2.75) is 205 Å². The fourth-order valence-electron chi connectivity index (χ4n) is 6.37. The van der Waals surface area contributed by atoms with Crippen molar-refractivity contribution in [3.05, 3.63) is 11.6 Å². The van der Waals surface area contributed by atoms with Crippen molar-refractivity contribution in [1.82, 2.24) is 0 Å². The third-order valence-electron chi connectivity index (χ3n) is 9.09. The summed E-state index contributed by atoms with van der Waals surface area (Å²) in [7, 11) is 0. The molecule has 2 rings (SSSR count). The van der Waals surface area contributed by atoms with Crippen LogP contribution in [0.1, 0.15) is 168 Å². The molecule has 0 amide bonds. The lowest BCUT2D eigenvalue weighted by Crippen LogP contribution is -2.31. The summed E-state index contributed by atoms with van der Waals surface area (Å²) in [6, 6.07) is 0. The van der Waals surface area contributed by atoms with E-state index in [1.165, 1.54) is 64.2 Å². The first-order valence-electron chi connectivity index (χ1n) is 17.5. The van der Waals surface area contributed by atoms with Gasteiger partial charge in [-0.05, 0) is 64.4 Å². The zero-order valence-electron chi connectivity index (χ0n) is 26.6. The van der Waals surface area contributed by atoms with Gasteiger partial charge in [-0.15, -0.1) is 0 Å². The summed E-state index contributed by atoms with van der Waals surface area (Å²) >= 11 is 0. The lowest BCUT2D eigenvalue weighted by atomic mass is 9.97. The fraction of sp³-hybridized carbons (Fsp3) is 0.914. The van der Waals surface area contributed by atoms with Crippen molar-refractivity contribution in [1.29, 1.82) is 0 Å². The Hall–Kier alpha value is -0.950. The summed E-state index contributed by atoms with van der Waals surface area (Å²) < 4.78 is 11.3. The minimum absolute atomic E-state index is 0.0724. The molecule has 1 fully saturated rings. The molecule has 0 radical (unpaired) electrons. The van der Waals surface area contributed by atoms with Gasteiger partial charge in [-0.1, -0.05) is 110 Å². The van der Waals surface area contributed by atoms with Crippen LogP contribution in [-0.4, -0.2) is 57.9 Å². The first-order valence-corrected chi connectivity index (χ1v) is 17.5. The van der Waals surface area contributed by atoms with Crippen LogP contribution in [0.4, 0.5) is 0 Å². The third kappa shape index (κ3) is 16.5. The van der Waals surface area contributed by atoms with Gasteiger partial charge in [-0.25, -0.2) is 4.79 Å². The highest BCUT2D eigenvalue weighted by atomic mass is 16.5. The van der Waals surface area contributed by atoms with Crippen LogP contribution in [0.15, 0.2) is 11.6 Å². The standard InChI is InChI=1S/C35H64O6/c1-3-4-5-6-7-8-9-10-11-12-16-19-22-31(36)32(37)24-25-33(38)34-26-23-30(41-34)21-18-15-13-14-17-20-29-27-28(2)40-35(29)39/h27-28,30-34,36-38H,3-26H2,1-2H3/t28-,30-,31+,32-,33+,34-/m1/s1. The number of unbranched alkanes of at least 4 members (excludes halogenated alkanes) is 15. The van der Waals surface area contributed by atoms with Crippen molar-refractivity contribution in [2.75, 3.05) is 0 Å². The average Bonchev–Trinajstić information content (AvgIpc) is 3.56. The molecule has 0 aromatic heterocycles. The van der Waals surface area contributed by atoms with Gasteiger partial charge in [0.05, 0.1) is 30.5 Å². The van der Waals surface area contributed by atoms with Crippen molar-refractivity contribution in [3.8, 4) is 0 Å². The van der Waals surface area contributed by atoms with Gasteiger partial charge in [-0.3, -0.25) is 0 Å². The summed E-state index contributed by atoms with van der Waals surface area (Å²) in [6.45, 7) is 4.16. The summed E-state index contributed by atoms with van der Waals surface area (Å²) in [5.41, 5.74) is 0.836. The molecule has 0 spiro atoms. The maximum Gasteiger partial charge on any atom is 0.334 e. The molecule has 0 saturated carbocycles. The SMILES string of the molecule is CCCCCCCCCCCCCC[C@H](O)[C@H](O)CC[C@H](O)[C@H]1CC[C@@H](CCCCCCCC2=C[C@@H](C)OC2=O)O1. The summed E-state index contributed by atoms with van der Waals surface area (Å²) in [6.07, 6.45) is 26.2. The van der Waals surface area contributed by atoms with Gasteiger partial charge in [0.25, 0.3) is 0 Å². The van der Waals surface area contributed by atoms with Crippen LogP contribution in [0.5, 0.6) is 0 Å². The Kier molecular flexibility index (Phi) is 20.0. The predicted molar refractivity (Wildman–Crippen MR) is 167 cm³/mol. The van der Waals surface area contributed by atoms with E-state index in [-0.39, 0.29) is 24.3 Å². The summed E-state index contributed by atoms with van der Waals surface area (Å²) in [5, 5.41) is 31.4. The van der Waals surface area contributed by atoms with Crippen LogP contribution in [0.3, 0.4) is 0 Å². The molecule has 2 aliphatic heterocycles. The lowest BCUT2D eigenvalue weighted by Gasteiger charge is -2.22. The number of rotatable bonds is 26. The zero-order chi connectivity index (χ0) is 29.7. The van der Waals surface area contributed by atoms with E-state index in [0.29, 0.717) is 19.3 Å². The van der Waals surface area contributed by atoms with Crippen molar-refractivity contribution < 1.29 is 29.6 Å². The molecular weight excluding hydrogens is 516 g/mol. The lowest BCUT2D eigenvalue weighted by molar-refractivity contribution is -0.139. The van der Waals surface area contributed by atoms with Gasteiger partial charge >= 0.3 is 5.97 Å². The molecule has 0 aromatic rings. The van der Waals surface area contributed by atoms with Crippen LogP contribution in [0.2, 0.25) is 0 Å². The first-order chi connectivity index (χ1) is 19.9. The maximum atomic E-state index is 11.6. The topological polar surface area (TPSA) is 96.2 Å². The molecule has 2 heterocycles. The Morgan fingerprint density at radius 3 is 1.90 bits per heavy atom. The number of carbonyl (C=O) groups excluding carboxylic acids is 1. The van der Waals surface area contributed by atoms with Crippen LogP contribution in [0, 0.1) is 0 Å². The molecule has 6 heteroatoms. The highest BCUT2D eigenvalue weighted by Gasteiger charge is 2.31. The maximum absolute atomic E-state index is 11.6. The minimum Gasteiger partial charge on any atom is -0.455 e. The summed E-state index contributed by atoms with van der Waals surface area (Å²) in [5.74, 6) is -0.145. The molecule has 1 saturated heterocycles. The van der Waals surface area contributed by atoms with Gasteiger partial charge in [0, 0.05) is 5.57 Å².